The number of alkyl halides is 3. The van der Waals surface area contributed by atoms with Crippen molar-refractivity contribution in [3.8, 4) is 17.0 Å². The normalized spacial score (nSPS) is 15.5. The van der Waals surface area contributed by atoms with Gasteiger partial charge in [0.05, 0.1) is 11.6 Å². The molecule has 39 heavy (non-hydrogen) atoms. The summed E-state index contributed by atoms with van der Waals surface area (Å²) < 4.78 is 41.1. The van der Waals surface area contributed by atoms with Crippen molar-refractivity contribution >= 4 is 23.3 Å². The smallest absolute Gasteiger partial charge is 0.406 e. The molecule has 2 heterocycles. The fourth-order valence-corrected chi connectivity index (χ4v) is 4.62. The predicted molar refractivity (Wildman–Crippen MR) is 140 cm³/mol. The lowest BCUT2D eigenvalue weighted by molar-refractivity contribution is -0.274. The number of aromatic nitrogens is 2. The molecular formula is C28H30F3N5O3. The van der Waals surface area contributed by atoms with Gasteiger partial charge in [-0.25, -0.2) is 9.97 Å². The molecule has 0 saturated carbocycles. The number of rotatable bonds is 8. The first kappa shape index (κ1) is 27.9. The highest BCUT2D eigenvalue weighted by molar-refractivity contribution is 5.96. The zero-order chi connectivity index (χ0) is 28.0. The van der Waals surface area contributed by atoms with Gasteiger partial charge in [0.2, 0.25) is 5.91 Å². The van der Waals surface area contributed by atoms with E-state index in [1.54, 1.807) is 29.2 Å². The second kappa shape index (κ2) is 12.1. The van der Waals surface area contributed by atoms with E-state index in [0.717, 1.165) is 12.8 Å². The summed E-state index contributed by atoms with van der Waals surface area (Å²) in [6, 6.07) is 14.1. The molecule has 4 rings (SSSR count). The molecule has 11 heteroatoms. The van der Waals surface area contributed by atoms with Crippen LogP contribution < -0.4 is 10.1 Å². The Labute approximate surface area is 224 Å². The topological polar surface area (TPSA) is 87.7 Å². The summed E-state index contributed by atoms with van der Waals surface area (Å²) in [7, 11) is 0. The minimum atomic E-state index is -4.76. The molecule has 0 spiro atoms. The highest BCUT2D eigenvalue weighted by atomic mass is 19.4. The number of amides is 2. The molecule has 0 radical (unpaired) electrons. The summed E-state index contributed by atoms with van der Waals surface area (Å²) in [6.07, 6.45) is -1.85. The summed E-state index contributed by atoms with van der Waals surface area (Å²) in [6.45, 7) is 6.20. The van der Waals surface area contributed by atoms with E-state index in [1.165, 1.54) is 30.6 Å². The van der Waals surface area contributed by atoms with Crippen LogP contribution in [0.25, 0.3) is 11.3 Å². The number of nitrogens with one attached hydrogen (secondary N) is 1. The highest BCUT2D eigenvalue weighted by Gasteiger charge is 2.32. The number of anilines is 2. The van der Waals surface area contributed by atoms with Crippen molar-refractivity contribution in [2.45, 2.75) is 33.1 Å². The predicted octanol–water partition coefficient (Wildman–Crippen LogP) is 5.51. The van der Waals surface area contributed by atoms with Crippen molar-refractivity contribution in [3.05, 3.63) is 66.5 Å². The summed E-state index contributed by atoms with van der Waals surface area (Å²) in [5, 5.41) is 3.03. The van der Waals surface area contributed by atoms with Gasteiger partial charge in [-0.3, -0.25) is 9.59 Å². The van der Waals surface area contributed by atoms with Crippen molar-refractivity contribution in [2.24, 2.45) is 5.92 Å². The van der Waals surface area contributed by atoms with E-state index < -0.39 is 6.36 Å². The van der Waals surface area contributed by atoms with E-state index in [2.05, 4.69) is 20.0 Å². The molecule has 1 unspecified atom stereocenters. The Morgan fingerprint density at radius 1 is 1.08 bits per heavy atom. The van der Waals surface area contributed by atoms with Gasteiger partial charge >= 0.3 is 6.36 Å². The molecule has 2 amide bonds. The third kappa shape index (κ3) is 7.24. The molecule has 1 saturated heterocycles. The maximum atomic E-state index is 13.4. The van der Waals surface area contributed by atoms with Crippen LogP contribution in [-0.4, -0.2) is 64.1 Å². The lowest BCUT2D eigenvalue weighted by atomic mass is 9.95. The molecule has 3 aromatic rings. The molecule has 0 aliphatic carbocycles. The number of likely N-dealkylation sites (tertiary alicyclic amines) is 1. The summed E-state index contributed by atoms with van der Waals surface area (Å²) in [5.41, 5.74) is 2.27. The highest BCUT2D eigenvalue weighted by Crippen LogP contribution is 2.27. The van der Waals surface area contributed by atoms with E-state index in [-0.39, 0.29) is 23.5 Å². The van der Waals surface area contributed by atoms with Gasteiger partial charge in [0.25, 0.3) is 5.91 Å². The fraction of sp³-hybridized carbons (Fsp3) is 0.357. The van der Waals surface area contributed by atoms with Crippen molar-refractivity contribution in [3.63, 3.8) is 0 Å². The van der Waals surface area contributed by atoms with Crippen LogP contribution in [0.3, 0.4) is 0 Å². The Kier molecular flexibility index (Phi) is 8.68. The van der Waals surface area contributed by atoms with E-state index in [1.807, 2.05) is 24.8 Å². The molecular weight excluding hydrogens is 511 g/mol. The van der Waals surface area contributed by atoms with Crippen molar-refractivity contribution in [1.29, 1.82) is 0 Å². The van der Waals surface area contributed by atoms with Crippen molar-refractivity contribution in [1.82, 2.24) is 19.8 Å². The average molecular weight is 542 g/mol. The lowest BCUT2D eigenvalue weighted by Gasteiger charge is -2.34. The minimum absolute atomic E-state index is 0.0924. The van der Waals surface area contributed by atoms with E-state index >= 15 is 0 Å². The Morgan fingerprint density at radius 3 is 2.51 bits per heavy atom. The van der Waals surface area contributed by atoms with Crippen LogP contribution in [0.1, 0.15) is 37.0 Å². The number of carbonyl (C=O) groups is 2. The van der Waals surface area contributed by atoms with E-state index in [4.69, 9.17) is 0 Å². The maximum Gasteiger partial charge on any atom is 0.573 e. The third-order valence-electron chi connectivity index (χ3n) is 6.57. The SMILES string of the molecule is CCN(CC)C(=O)C1CCCN(C(=O)c2cccc(-c3cc(Nc4ccc(OC(F)(F)F)cc4)ncn3)c2)C1. The molecule has 1 aliphatic heterocycles. The number of benzene rings is 2. The van der Waals surface area contributed by atoms with Gasteiger partial charge < -0.3 is 19.9 Å². The first-order valence-corrected chi connectivity index (χ1v) is 12.8. The first-order chi connectivity index (χ1) is 18.7. The Bertz CT molecular complexity index is 1300. The number of halogens is 3. The van der Waals surface area contributed by atoms with Crippen molar-refractivity contribution in [2.75, 3.05) is 31.5 Å². The van der Waals surface area contributed by atoms with Gasteiger partial charge in [-0.15, -0.1) is 13.2 Å². The monoisotopic (exact) mass is 541 g/mol. The zero-order valence-electron chi connectivity index (χ0n) is 21.7. The largest absolute Gasteiger partial charge is 0.573 e. The number of hydrogen-bond acceptors (Lipinski definition) is 6. The first-order valence-electron chi connectivity index (χ1n) is 12.8. The molecule has 1 aromatic heterocycles. The Hall–Kier alpha value is -4.15. The molecule has 206 valence electrons. The summed E-state index contributed by atoms with van der Waals surface area (Å²) >= 11 is 0. The standard InChI is InChI=1S/C28H30F3N5O3/c1-3-35(4-2)27(38)21-9-6-14-36(17-21)26(37)20-8-5-7-19(15-20)24-16-25(33-18-32-24)34-22-10-12-23(13-11-22)39-28(29,30)31/h5,7-8,10-13,15-16,18,21H,3-4,6,9,14,17H2,1-2H3,(H,32,33,34). The zero-order valence-corrected chi connectivity index (χ0v) is 21.7. The van der Waals surface area contributed by atoms with E-state index in [9.17, 15) is 22.8 Å². The van der Waals surface area contributed by atoms with Gasteiger partial charge in [0.15, 0.2) is 0 Å². The molecule has 1 N–H and O–H groups in total. The number of carbonyl (C=O) groups excluding carboxylic acids is 2. The third-order valence-corrected chi connectivity index (χ3v) is 6.57. The molecule has 1 atom stereocenters. The van der Waals surface area contributed by atoms with Gasteiger partial charge in [-0.05, 0) is 63.1 Å². The van der Waals surface area contributed by atoms with Crippen molar-refractivity contribution < 1.29 is 27.5 Å². The van der Waals surface area contributed by atoms with Crippen LogP contribution in [0.4, 0.5) is 24.7 Å². The van der Waals surface area contributed by atoms with Crippen LogP contribution >= 0.6 is 0 Å². The number of piperidine rings is 1. The van der Waals surface area contributed by atoms with Gasteiger partial charge in [0, 0.05) is 49.1 Å². The van der Waals surface area contributed by atoms with Gasteiger partial charge in [0.1, 0.15) is 17.9 Å². The number of hydrogen-bond donors (Lipinski definition) is 1. The van der Waals surface area contributed by atoms with Crippen LogP contribution in [0.2, 0.25) is 0 Å². The second-order valence-electron chi connectivity index (χ2n) is 9.17. The average Bonchev–Trinajstić information content (AvgIpc) is 2.94. The molecule has 2 aromatic carbocycles. The number of ether oxygens (including phenoxy) is 1. The molecule has 0 bridgehead atoms. The van der Waals surface area contributed by atoms with Gasteiger partial charge in [-0.1, -0.05) is 12.1 Å². The van der Waals surface area contributed by atoms with Crippen LogP contribution in [0.15, 0.2) is 60.9 Å². The minimum Gasteiger partial charge on any atom is -0.406 e. The quantitative estimate of drug-likeness (QED) is 0.405. The Morgan fingerprint density at radius 2 is 1.82 bits per heavy atom. The molecule has 1 aliphatic rings. The summed E-state index contributed by atoms with van der Waals surface area (Å²) in [5.74, 6) is -0.141. The molecule has 8 nitrogen and oxygen atoms in total. The fourth-order valence-electron chi connectivity index (χ4n) is 4.62. The van der Waals surface area contributed by atoms with Crippen LogP contribution in [0.5, 0.6) is 5.75 Å². The lowest BCUT2D eigenvalue weighted by Crippen LogP contribution is -2.46. The van der Waals surface area contributed by atoms with E-state index in [0.29, 0.717) is 54.5 Å². The van der Waals surface area contributed by atoms with Crippen LogP contribution in [-0.2, 0) is 4.79 Å². The summed E-state index contributed by atoms with van der Waals surface area (Å²) in [4.78, 5) is 38.3. The second-order valence-corrected chi connectivity index (χ2v) is 9.17. The van der Waals surface area contributed by atoms with Gasteiger partial charge in [-0.2, -0.15) is 0 Å². The maximum absolute atomic E-state index is 13.4. The van der Waals surface area contributed by atoms with Crippen LogP contribution in [0, 0.1) is 5.92 Å². The molecule has 1 fully saturated rings. The Balaban J connectivity index is 1.46. The number of nitrogens with zero attached hydrogens (tertiary/aromatic N) is 4.